The quantitative estimate of drug-likeness (QED) is 0.744. The molecule has 0 N–H and O–H groups in total. The molecule has 0 aliphatic heterocycles. The number of carbonyl (C=O) groups is 1. The predicted octanol–water partition coefficient (Wildman–Crippen LogP) is 4.21. The largest absolute Gasteiger partial charge is 0.339 e. The Morgan fingerprint density at radius 3 is 2.50 bits per heavy atom. The van der Waals surface area contributed by atoms with Gasteiger partial charge in [0, 0.05) is 23.8 Å². The van der Waals surface area contributed by atoms with Crippen molar-refractivity contribution in [3.63, 3.8) is 0 Å². The van der Waals surface area contributed by atoms with Crippen LogP contribution in [0.1, 0.15) is 50.1 Å². The number of amides is 1. The van der Waals surface area contributed by atoms with Gasteiger partial charge in [-0.05, 0) is 63.3 Å². The maximum absolute atomic E-state index is 13.2. The van der Waals surface area contributed by atoms with Gasteiger partial charge in [-0.25, -0.2) is 9.07 Å². The zero-order chi connectivity index (χ0) is 18.8. The lowest BCUT2D eigenvalue weighted by Gasteiger charge is -2.23. The van der Waals surface area contributed by atoms with Gasteiger partial charge < -0.3 is 4.90 Å². The summed E-state index contributed by atoms with van der Waals surface area (Å²) < 4.78 is 15.0. The van der Waals surface area contributed by atoms with Crippen molar-refractivity contribution in [3.05, 3.63) is 47.0 Å². The molecule has 0 atom stereocenters. The Morgan fingerprint density at radius 2 is 1.92 bits per heavy atom. The number of hydrogen-bond acceptors (Lipinski definition) is 2. The lowest BCUT2D eigenvalue weighted by Crippen LogP contribution is -2.35. The summed E-state index contributed by atoms with van der Waals surface area (Å²) in [7, 11) is 0. The van der Waals surface area contributed by atoms with Crippen LogP contribution in [-0.2, 0) is 11.2 Å². The Hall–Kier alpha value is -2.17. The average molecular weight is 357 g/mol. The fraction of sp³-hybridized carbons (Fsp3) is 0.524. The van der Waals surface area contributed by atoms with Crippen LogP contribution in [0.2, 0.25) is 0 Å². The van der Waals surface area contributed by atoms with Gasteiger partial charge in [0.1, 0.15) is 5.82 Å². The molecule has 0 spiro atoms. The van der Waals surface area contributed by atoms with Crippen LogP contribution >= 0.6 is 0 Å². The first-order valence-electron chi connectivity index (χ1n) is 9.47. The van der Waals surface area contributed by atoms with E-state index in [-0.39, 0.29) is 11.7 Å². The molecular formula is C21H28FN3O. The zero-order valence-electron chi connectivity index (χ0n) is 16.1. The topological polar surface area (TPSA) is 38.1 Å². The van der Waals surface area contributed by atoms with Gasteiger partial charge in [0.15, 0.2) is 0 Å². The van der Waals surface area contributed by atoms with E-state index in [2.05, 4.69) is 23.8 Å². The van der Waals surface area contributed by atoms with Gasteiger partial charge in [-0.15, -0.1) is 0 Å². The van der Waals surface area contributed by atoms with E-state index < -0.39 is 0 Å². The lowest BCUT2D eigenvalue weighted by molar-refractivity contribution is -0.131. The van der Waals surface area contributed by atoms with E-state index in [4.69, 9.17) is 0 Å². The Bertz CT molecular complexity index is 775. The van der Waals surface area contributed by atoms with Crippen LogP contribution in [0.5, 0.6) is 0 Å². The number of hydrogen-bond donors (Lipinski definition) is 0. The Labute approximate surface area is 155 Å². The minimum absolute atomic E-state index is 0.193. The Kier molecular flexibility index (Phi) is 5.44. The van der Waals surface area contributed by atoms with Crippen LogP contribution in [-0.4, -0.2) is 33.2 Å². The van der Waals surface area contributed by atoms with Crippen LogP contribution < -0.4 is 0 Å². The third kappa shape index (κ3) is 4.14. The highest BCUT2D eigenvalue weighted by Gasteiger charge is 2.32. The van der Waals surface area contributed by atoms with Gasteiger partial charge in [0.2, 0.25) is 5.91 Å². The van der Waals surface area contributed by atoms with Crippen LogP contribution in [0.25, 0.3) is 5.69 Å². The first-order valence-corrected chi connectivity index (χ1v) is 9.47. The van der Waals surface area contributed by atoms with E-state index in [9.17, 15) is 9.18 Å². The second-order valence-electron chi connectivity index (χ2n) is 7.72. The highest BCUT2D eigenvalue weighted by molar-refractivity contribution is 5.80. The summed E-state index contributed by atoms with van der Waals surface area (Å²) in [6.45, 7) is 9.13. The van der Waals surface area contributed by atoms with Crippen molar-refractivity contribution in [1.82, 2.24) is 14.7 Å². The highest BCUT2D eigenvalue weighted by atomic mass is 19.1. The van der Waals surface area contributed by atoms with Crippen molar-refractivity contribution >= 4 is 5.91 Å². The minimum atomic E-state index is -0.268. The van der Waals surface area contributed by atoms with Crippen LogP contribution in [0, 0.1) is 25.6 Å². The molecule has 1 saturated carbocycles. The molecule has 5 heteroatoms. The van der Waals surface area contributed by atoms with E-state index >= 15 is 0 Å². The summed E-state index contributed by atoms with van der Waals surface area (Å²) in [5, 5.41) is 4.58. The SMILES string of the molecule is Cc1nn(-c2ccc(F)cc2)c(C)c1CC(=O)N(CCC(C)C)C1CC1. The number of aryl methyl sites for hydroxylation is 1. The molecule has 1 fully saturated rings. The molecule has 0 radical (unpaired) electrons. The molecule has 2 aromatic rings. The van der Waals surface area contributed by atoms with Gasteiger partial charge in [-0.3, -0.25) is 4.79 Å². The minimum Gasteiger partial charge on any atom is -0.339 e. The molecule has 1 amide bonds. The third-order valence-electron chi connectivity index (χ3n) is 5.10. The molecule has 1 aromatic carbocycles. The monoisotopic (exact) mass is 357 g/mol. The maximum Gasteiger partial charge on any atom is 0.227 e. The summed E-state index contributed by atoms with van der Waals surface area (Å²) in [5.41, 5.74) is 3.60. The van der Waals surface area contributed by atoms with E-state index in [1.807, 2.05) is 13.8 Å². The number of benzene rings is 1. The summed E-state index contributed by atoms with van der Waals surface area (Å²) >= 11 is 0. The summed E-state index contributed by atoms with van der Waals surface area (Å²) in [4.78, 5) is 15.0. The number of carbonyl (C=O) groups excluding carboxylic acids is 1. The smallest absolute Gasteiger partial charge is 0.227 e. The second-order valence-corrected chi connectivity index (χ2v) is 7.72. The standard InChI is InChI=1S/C21H28FN3O/c1-14(2)11-12-24(18-9-10-18)21(26)13-20-15(3)23-25(16(20)4)19-7-5-17(22)6-8-19/h5-8,14,18H,9-13H2,1-4H3. The molecule has 0 saturated heterocycles. The lowest BCUT2D eigenvalue weighted by atomic mass is 10.1. The number of aromatic nitrogens is 2. The van der Waals surface area contributed by atoms with Crippen LogP contribution in [0.3, 0.4) is 0 Å². The molecule has 1 aliphatic rings. The first-order chi connectivity index (χ1) is 12.4. The zero-order valence-corrected chi connectivity index (χ0v) is 16.1. The molecule has 3 rings (SSSR count). The van der Waals surface area contributed by atoms with Crippen molar-refractivity contribution in [2.75, 3.05) is 6.54 Å². The normalized spacial score (nSPS) is 14.1. The second kappa shape index (κ2) is 7.60. The van der Waals surface area contributed by atoms with Crippen LogP contribution in [0.15, 0.2) is 24.3 Å². The number of halogens is 1. The molecule has 4 nitrogen and oxygen atoms in total. The van der Waals surface area contributed by atoms with Crippen molar-refractivity contribution < 1.29 is 9.18 Å². The maximum atomic E-state index is 13.2. The van der Waals surface area contributed by atoms with Crippen molar-refractivity contribution in [3.8, 4) is 5.69 Å². The first kappa shape index (κ1) is 18.6. The summed E-state index contributed by atoms with van der Waals surface area (Å²) in [6.07, 6.45) is 3.66. The molecule has 1 heterocycles. The third-order valence-corrected chi connectivity index (χ3v) is 5.10. The van der Waals surface area contributed by atoms with Crippen LogP contribution in [0.4, 0.5) is 4.39 Å². The summed E-state index contributed by atoms with van der Waals surface area (Å²) in [6, 6.07) is 6.70. The van der Waals surface area contributed by atoms with E-state index in [0.29, 0.717) is 18.4 Å². The molecule has 1 aliphatic carbocycles. The Morgan fingerprint density at radius 1 is 1.27 bits per heavy atom. The van der Waals surface area contributed by atoms with Crippen molar-refractivity contribution in [2.45, 2.75) is 59.4 Å². The predicted molar refractivity (Wildman–Crippen MR) is 101 cm³/mol. The molecule has 140 valence electrons. The fourth-order valence-electron chi connectivity index (χ4n) is 3.31. The van der Waals surface area contributed by atoms with E-state index in [0.717, 1.165) is 48.4 Å². The highest BCUT2D eigenvalue weighted by Crippen LogP contribution is 2.29. The average Bonchev–Trinajstić information content (AvgIpc) is 3.38. The molecule has 1 aromatic heterocycles. The van der Waals surface area contributed by atoms with Gasteiger partial charge in [0.05, 0.1) is 17.8 Å². The van der Waals surface area contributed by atoms with Crippen molar-refractivity contribution in [2.24, 2.45) is 5.92 Å². The number of nitrogens with zero attached hydrogens (tertiary/aromatic N) is 3. The number of rotatable bonds is 7. The van der Waals surface area contributed by atoms with Gasteiger partial charge in [-0.1, -0.05) is 13.8 Å². The molecule has 26 heavy (non-hydrogen) atoms. The summed E-state index contributed by atoms with van der Waals surface area (Å²) in [5.74, 6) is 0.516. The molecule has 0 bridgehead atoms. The Balaban J connectivity index is 1.78. The van der Waals surface area contributed by atoms with Gasteiger partial charge in [-0.2, -0.15) is 5.10 Å². The van der Waals surface area contributed by atoms with Gasteiger partial charge in [0.25, 0.3) is 0 Å². The molecule has 0 unspecified atom stereocenters. The molecular weight excluding hydrogens is 329 g/mol. The van der Waals surface area contributed by atoms with Crippen molar-refractivity contribution in [1.29, 1.82) is 0 Å². The fourth-order valence-corrected chi connectivity index (χ4v) is 3.31. The van der Waals surface area contributed by atoms with Gasteiger partial charge >= 0.3 is 0 Å². The van der Waals surface area contributed by atoms with E-state index in [1.165, 1.54) is 12.1 Å². The van der Waals surface area contributed by atoms with E-state index in [1.54, 1.807) is 16.8 Å².